The van der Waals surface area contributed by atoms with Gasteiger partial charge in [-0.15, -0.1) is 0 Å². The van der Waals surface area contributed by atoms with E-state index in [1.165, 1.54) is 0 Å². The lowest BCUT2D eigenvalue weighted by molar-refractivity contribution is -0.135. The number of hydrogen-bond donors (Lipinski definition) is 2. The largest absolute Gasteiger partial charge is 0.444 e. The Morgan fingerprint density at radius 2 is 1.79 bits per heavy atom. The van der Waals surface area contributed by atoms with Crippen LogP contribution in [-0.2, 0) is 16.0 Å². The van der Waals surface area contributed by atoms with Crippen LogP contribution in [0.5, 0.6) is 0 Å². The van der Waals surface area contributed by atoms with E-state index < -0.39 is 22.9 Å². The number of rotatable bonds is 7. The minimum absolute atomic E-state index is 0.0116. The predicted octanol–water partition coefficient (Wildman–Crippen LogP) is 5.05. The van der Waals surface area contributed by atoms with Gasteiger partial charge in [-0.05, 0) is 82.3 Å². The number of amides is 2. The molecule has 1 fully saturated rings. The number of ether oxygens (including phenoxy) is 1. The number of aryl methyl sites for hydroxylation is 1. The summed E-state index contributed by atoms with van der Waals surface area (Å²) in [6, 6.07) is 7.21. The third-order valence-corrected chi connectivity index (χ3v) is 6.99. The first-order chi connectivity index (χ1) is 18.5. The molecule has 2 aromatic heterocycles. The summed E-state index contributed by atoms with van der Waals surface area (Å²) in [4.78, 5) is 49.4. The van der Waals surface area contributed by atoms with Gasteiger partial charge in [0, 0.05) is 31.7 Å². The molecule has 2 N–H and O–H groups in total. The van der Waals surface area contributed by atoms with Gasteiger partial charge in [-0.25, -0.2) is 9.59 Å². The molecule has 1 saturated carbocycles. The molecule has 1 aromatic carbocycles. The molecule has 0 saturated heterocycles. The van der Waals surface area contributed by atoms with Crippen LogP contribution in [0.3, 0.4) is 0 Å². The van der Waals surface area contributed by atoms with Crippen molar-refractivity contribution >= 4 is 34.6 Å². The maximum absolute atomic E-state index is 13.7. The predicted molar refractivity (Wildman–Crippen MR) is 150 cm³/mol. The number of nitrogens with one attached hydrogen (secondary N) is 2. The topological polar surface area (TPSA) is 127 Å². The van der Waals surface area contributed by atoms with E-state index in [0.29, 0.717) is 42.6 Å². The number of likely N-dealkylation sites (N-methyl/N-ethyl adjacent to an activating group) is 1. The Labute approximate surface area is 228 Å². The maximum atomic E-state index is 13.7. The van der Waals surface area contributed by atoms with Crippen LogP contribution in [0, 0.1) is 6.92 Å². The second-order valence-electron chi connectivity index (χ2n) is 11.2. The fourth-order valence-corrected chi connectivity index (χ4v) is 4.99. The van der Waals surface area contributed by atoms with Crippen molar-refractivity contribution in [2.24, 2.45) is 0 Å². The fourth-order valence-electron chi connectivity index (χ4n) is 4.99. The van der Waals surface area contributed by atoms with Crippen molar-refractivity contribution in [2.45, 2.75) is 77.4 Å². The van der Waals surface area contributed by atoms with Crippen molar-refractivity contribution < 1.29 is 18.7 Å². The normalized spacial score (nSPS) is 15.0. The van der Waals surface area contributed by atoms with E-state index in [4.69, 9.17) is 9.15 Å². The fraction of sp³-hybridized carbons (Fsp3) is 0.483. The molecular weight excluding hydrogens is 498 g/mol. The first-order valence-electron chi connectivity index (χ1n) is 13.3. The van der Waals surface area contributed by atoms with E-state index in [1.54, 1.807) is 64.2 Å². The van der Waals surface area contributed by atoms with Gasteiger partial charge in [0.05, 0.1) is 10.9 Å². The molecule has 10 heteroatoms. The molecule has 4 rings (SSSR count). The highest BCUT2D eigenvalue weighted by atomic mass is 16.6. The summed E-state index contributed by atoms with van der Waals surface area (Å²) in [5.74, 6) is -0.0473. The molecule has 10 nitrogen and oxygen atoms in total. The van der Waals surface area contributed by atoms with Crippen LogP contribution in [-0.4, -0.2) is 51.6 Å². The molecule has 0 unspecified atom stereocenters. The number of carbonyl (C=O) groups excluding carboxylic acids is 2. The monoisotopic (exact) mass is 535 g/mol. The lowest BCUT2D eigenvalue weighted by Crippen LogP contribution is -2.54. The smallest absolute Gasteiger partial charge is 0.412 e. The van der Waals surface area contributed by atoms with E-state index >= 15 is 0 Å². The molecule has 0 aliphatic heterocycles. The van der Waals surface area contributed by atoms with Gasteiger partial charge in [-0.3, -0.25) is 15.1 Å². The number of fused-ring (bicyclic) bond motifs is 1. The van der Waals surface area contributed by atoms with E-state index in [0.717, 1.165) is 24.8 Å². The van der Waals surface area contributed by atoms with E-state index in [1.807, 2.05) is 12.1 Å². The minimum atomic E-state index is -0.908. The number of nitrogens with zero attached hydrogens (tertiary/aromatic N) is 3. The summed E-state index contributed by atoms with van der Waals surface area (Å²) in [7, 11) is 1.80. The number of pyridine rings is 1. The van der Waals surface area contributed by atoms with Gasteiger partial charge in [-0.1, -0.05) is 19.3 Å². The number of aromatic nitrogens is 2. The average molecular weight is 536 g/mol. The van der Waals surface area contributed by atoms with Crippen molar-refractivity contribution in [3.8, 4) is 0 Å². The van der Waals surface area contributed by atoms with Gasteiger partial charge in [0.25, 0.3) is 6.01 Å². The van der Waals surface area contributed by atoms with Crippen LogP contribution in [0.15, 0.2) is 45.9 Å². The zero-order valence-electron chi connectivity index (χ0n) is 23.3. The second-order valence-corrected chi connectivity index (χ2v) is 11.2. The molecule has 2 amide bonds. The SMILES string of the molecule is Cc1c(NC(=O)OC(C)(C)C)ccc2nc(NC3(C(=O)N(C)CCc4ccncc4)CCCCC3)oc(=O)c12. The molecule has 0 atom stereocenters. The highest BCUT2D eigenvalue weighted by Crippen LogP contribution is 2.33. The third-order valence-electron chi connectivity index (χ3n) is 6.99. The molecule has 208 valence electrons. The van der Waals surface area contributed by atoms with Gasteiger partial charge in [-0.2, -0.15) is 4.98 Å². The van der Waals surface area contributed by atoms with E-state index in [2.05, 4.69) is 20.6 Å². The summed E-state index contributed by atoms with van der Waals surface area (Å²) in [5, 5.41) is 6.17. The lowest BCUT2D eigenvalue weighted by atomic mass is 9.80. The molecule has 1 aliphatic rings. The molecule has 0 bridgehead atoms. The minimum Gasteiger partial charge on any atom is -0.444 e. The van der Waals surface area contributed by atoms with Crippen LogP contribution in [0.1, 0.15) is 64.0 Å². The molecule has 2 heterocycles. The summed E-state index contributed by atoms with van der Waals surface area (Å²) >= 11 is 0. The number of carbonyl (C=O) groups is 2. The summed E-state index contributed by atoms with van der Waals surface area (Å²) in [5.41, 5.74) is 0.299. The van der Waals surface area contributed by atoms with Crippen LogP contribution in [0.25, 0.3) is 10.9 Å². The van der Waals surface area contributed by atoms with Crippen molar-refractivity contribution in [3.63, 3.8) is 0 Å². The summed E-state index contributed by atoms with van der Waals surface area (Å²) in [6.45, 7) is 7.58. The van der Waals surface area contributed by atoms with Crippen molar-refractivity contribution in [1.29, 1.82) is 0 Å². The van der Waals surface area contributed by atoms with Crippen LogP contribution >= 0.6 is 0 Å². The molecule has 0 spiro atoms. The summed E-state index contributed by atoms with van der Waals surface area (Å²) < 4.78 is 10.9. The number of hydrogen-bond acceptors (Lipinski definition) is 8. The Morgan fingerprint density at radius 3 is 2.46 bits per heavy atom. The molecule has 1 aliphatic carbocycles. The second kappa shape index (κ2) is 11.4. The quantitative estimate of drug-likeness (QED) is 0.430. The summed E-state index contributed by atoms with van der Waals surface area (Å²) in [6.07, 6.45) is 7.62. The van der Waals surface area contributed by atoms with Crippen molar-refractivity contribution in [1.82, 2.24) is 14.9 Å². The molecule has 3 aromatic rings. The van der Waals surface area contributed by atoms with Gasteiger partial charge < -0.3 is 19.4 Å². The van der Waals surface area contributed by atoms with Crippen molar-refractivity contribution in [3.05, 3.63) is 58.2 Å². The molecule has 39 heavy (non-hydrogen) atoms. The Hall–Kier alpha value is -3.95. The first-order valence-corrected chi connectivity index (χ1v) is 13.3. The standard InChI is InChI=1S/C29H37N5O5/c1-19-21(32-27(37)39-28(2,3)4)9-10-22-23(19)24(35)38-26(31-22)33-29(14-7-6-8-15-29)25(36)34(5)18-13-20-11-16-30-17-12-20/h9-12,16-17H,6-8,13-15,18H2,1-5H3,(H,31,33)(H,32,37). The Bertz CT molecular complexity index is 1390. The van der Waals surface area contributed by atoms with E-state index in [9.17, 15) is 14.4 Å². The van der Waals surface area contributed by atoms with Crippen molar-refractivity contribution in [2.75, 3.05) is 24.2 Å². The highest BCUT2D eigenvalue weighted by Gasteiger charge is 2.42. The third kappa shape index (κ3) is 6.74. The Balaban J connectivity index is 1.57. The van der Waals surface area contributed by atoms with Crippen LogP contribution < -0.4 is 16.3 Å². The van der Waals surface area contributed by atoms with Crippen LogP contribution in [0.4, 0.5) is 16.5 Å². The van der Waals surface area contributed by atoms with E-state index in [-0.39, 0.29) is 17.3 Å². The highest BCUT2D eigenvalue weighted by molar-refractivity contribution is 5.93. The zero-order valence-corrected chi connectivity index (χ0v) is 23.3. The van der Waals surface area contributed by atoms with Gasteiger partial charge in [0.1, 0.15) is 11.1 Å². The van der Waals surface area contributed by atoms with Gasteiger partial charge >= 0.3 is 11.7 Å². The van der Waals surface area contributed by atoms with Gasteiger partial charge in [0.2, 0.25) is 5.91 Å². The lowest BCUT2D eigenvalue weighted by Gasteiger charge is -2.39. The molecule has 0 radical (unpaired) electrons. The first kappa shape index (κ1) is 28.1. The van der Waals surface area contributed by atoms with Gasteiger partial charge in [0.15, 0.2) is 0 Å². The number of benzene rings is 1. The number of anilines is 2. The molecular formula is C29H37N5O5. The zero-order chi connectivity index (χ0) is 28.2. The average Bonchev–Trinajstić information content (AvgIpc) is 2.88. The van der Waals surface area contributed by atoms with Crippen LogP contribution in [0.2, 0.25) is 0 Å². The Kier molecular flexibility index (Phi) is 8.22. The Morgan fingerprint density at radius 1 is 1.10 bits per heavy atom. The maximum Gasteiger partial charge on any atom is 0.412 e.